The van der Waals surface area contributed by atoms with Crippen molar-refractivity contribution in [2.75, 3.05) is 10.6 Å². The molecule has 0 heterocycles. The van der Waals surface area contributed by atoms with Gasteiger partial charge in [0, 0.05) is 34.3 Å². The van der Waals surface area contributed by atoms with Crippen molar-refractivity contribution in [1.82, 2.24) is 0 Å². The Labute approximate surface area is 150 Å². The van der Waals surface area contributed by atoms with Crippen LogP contribution in [-0.2, 0) is 0 Å². The average molecular weight is 369 g/mol. The van der Waals surface area contributed by atoms with Gasteiger partial charge >= 0.3 is 0 Å². The lowest BCUT2D eigenvalue weighted by molar-refractivity contribution is 1.17. The maximum Gasteiger partial charge on any atom is 0.0801 e. The highest BCUT2D eigenvalue weighted by Gasteiger charge is 2.03. The van der Waals surface area contributed by atoms with Crippen molar-refractivity contribution in [2.24, 2.45) is 0 Å². The SMILES string of the molecule is S=C(CCC(=S)Nc1ccc(Cl)cc1)Nc1ccc(Cl)cc1. The molecule has 22 heavy (non-hydrogen) atoms. The summed E-state index contributed by atoms with van der Waals surface area (Å²) in [5.74, 6) is 0. The van der Waals surface area contributed by atoms with Crippen LogP contribution in [0.1, 0.15) is 12.8 Å². The largest absolute Gasteiger partial charge is 0.350 e. The molecular formula is C16H14Cl2N2S2. The van der Waals surface area contributed by atoms with Crippen LogP contribution in [0.2, 0.25) is 10.0 Å². The third kappa shape index (κ3) is 5.89. The zero-order valence-electron chi connectivity index (χ0n) is 11.6. The van der Waals surface area contributed by atoms with Crippen LogP contribution in [0, 0.1) is 0 Å². The molecule has 0 aromatic heterocycles. The molecule has 0 saturated heterocycles. The van der Waals surface area contributed by atoms with Crippen LogP contribution in [0.25, 0.3) is 0 Å². The zero-order chi connectivity index (χ0) is 15.9. The second-order valence-electron chi connectivity index (χ2n) is 4.61. The Bertz CT molecular complexity index is 595. The van der Waals surface area contributed by atoms with E-state index in [1.165, 1.54) is 0 Å². The lowest BCUT2D eigenvalue weighted by Gasteiger charge is -2.10. The Morgan fingerprint density at radius 2 is 1.00 bits per heavy atom. The van der Waals surface area contributed by atoms with Gasteiger partial charge in [-0.2, -0.15) is 0 Å². The van der Waals surface area contributed by atoms with E-state index in [9.17, 15) is 0 Å². The van der Waals surface area contributed by atoms with Crippen molar-refractivity contribution in [3.63, 3.8) is 0 Å². The normalized spacial score (nSPS) is 10.1. The number of hydrogen-bond donors (Lipinski definition) is 2. The minimum absolute atomic E-state index is 0.678. The fourth-order valence-electron chi connectivity index (χ4n) is 1.74. The summed E-state index contributed by atoms with van der Waals surface area (Å²) in [5.41, 5.74) is 1.84. The van der Waals surface area contributed by atoms with Gasteiger partial charge in [-0.15, -0.1) is 0 Å². The van der Waals surface area contributed by atoms with Gasteiger partial charge in [-0.05, 0) is 48.5 Å². The minimum Gasteiger partial charge on any atom is -0.350 e. The minimum atomic E-state index is 0.678. The number of nitrogens with one attached hydrogen (secondary N) is 2. The third-order valence-electron chi connectivity index (χ3n) is 2.84. The Morgan fingerprint density at radius 3 is 1.32 bits per heavy atom. The fraction of sp³-hybridized carbons (Fsp3) is 0.125. The van der Waals surface area contributed by atoms with Crippen molar-refractivity contribution < 1.29 is 0 Å². The summed E-state index contributed by atoms with van der Waals surface area (Å²) in [7, 11) is 0. The Kier molecular flexibility index (Phi) is 6.58. The van der Waals surface area contributed by atoms with Crippen LogP contribution in [0.5, 0.6) is 0 Å². The quantitative estimate of drug-likeness (QED) is 0.636. The molecule has 0 radical (unpaired) electrons. The number of hydrogen-bond acceptors (Lipinski definition) is 2. The molecule has 2 nitrogen and oxygen atoms in total. The monoisotopic (exact) mass is 368 g/mol. The molecule has 114 valence electrons. The standard InChI is InChI=1S/C16H14Cl2N2S2/c17-11-1-5-13(6-2-11)19-15(21)9-10-16(22)20-14-7-3-12(18)4-8-14/h1-8H,9-10H2,(H,19,21)(H,20,22). The molecule has 0 atom stereocenters. The molecule has 0 fully saturated rings. The highest BCUT2D eigenvalue weighted by Crippen LogP contribution is 2.16. The number of rotatable bonds is 5. The summed E-state index contributed by atoms with van der Waals surface area (Å²) in [6.07, 6.45) is 1.36. The van der Waals surface area contributed by atoms with Crippen LogP contribution in [0.4, 0.5) is 11.4 Å². The van der Waals surface area contributed by atoms with Gasteiger partial charge in [-0.3, -0.25) is 0 Å². The molecule has 0 aliphatic heterocycles. The van der Waals surface area contributed by atoms with Crippen LogP contribution >= 0.6 is 47.6 Å². The third-order valence-corrected chi connectivity index (χ3v) is 3.95. The highest BCUT2D eigenvalue weighted by atomic mass is 35.5. The summed E-state index contributed by atoms with van der Waals surface area (Å²) in [5, 5.41) is 7.73. The average Bonchev–Trinajstić information content (AvgIpc) is 2.50. The van der Waals surface area contributed by atoms with Crippen LogP contribution in [0.15, 0.2) is 48.5 Å². The van der Waals surface area contributed by atoms with Gasteiger partial charge in [-0.1, -0.05) is 47.6 Å². The van der Waals surface area contributed by atoms with Crippen molar-refractivity contribution >= 4 is 69.0 Å². The molecular weight excluding hydrogens is 355 g/mol. The lowest BCUT2D eigenvalue weighted by Crippen LogP contribution is -2.14. The molecule has 0 aliphatic rings. The van der Waals surface area contributed by atoms with Crippen molar-refractivity contribution in [3.8, 4) is 0 Å². The second-order valence-corrected chi connectivity index (χ2v) is 6.47. The topological polar surface area (TPSA) is 24.1 Å². The molecule has 0 bridgehead atoms. The van der Waals surface area contributed by atoms with Gasteiger partial charge in [0.25, 0.3) is 0 Å². The number of thiocarbonyl (C=S) groups is 2. The molecule has 0 saturated carbocycles. The molecule has 2 aromatic rings. The summed E-state index contributed by atoms with van der Waals surface area (Å²) < 4.78 is 0. The van der Waals surface area contributed by atoms with Gasteiger partial charge in [-0.25, -0.2) is 0 Å². The van der Waals surface area contributed by atoms with E-state index in [1.54, 1.807) is 0 Å². The van der Waals surface area contributed by atoms with Gasteiger partial charge < -0.3 is 10.6 Å². The van der Waals surface area contributed by atoms with Gasteiger partial charge in [0.15, 0.2) is 0 Å². The molecule has 0 aliphatic carbocycles. The summed E-state index contributed by atoms with van der Waals surface area (Å²) in [4.78, 5) is 1.48. The van der Waals surface area contributed by atoms with Gasteiger partial charge in [0.05, 0.1) is 9.98 Å². The van der Waals surface area contributed by atoms with Gasteiger partial charge in [0.2, 0.25) is 0 Å². The first kappa shape index (κ1) is 17.2. The Balaban J connectivity index is 1.76. The fourth-order valence-corrected chi connectivity index (χ4v) is 2.43. The predicted octanol–water partition coefficient (Wildman–Crippen LogP) is 5.95. The number of halogens is 2. The van der Waals surface area contributed by atoms with Gasteiger partial charge in [0.1, 0.15) is 0 Å². The van der Waals surface area contributed by atoms with E-state index in [-0.39, 0.29) is 0 Å². The van der Waals surface area contributed by atoms with E-state index in [4.69, 9.17) is 47.6 Å². The van der Waals surface area contributed by atoms with Crippen molar-refractivity contribution in [1.29, 1.82) is 0 Å². The summed E-state index contributed by atoms with van der Waals surface area (Å²) in [6.45, 7) is 0. The van der Waals surface area contributed by atoms with Crippen molar-refractivity contribution in [3.05, 3.63) is 58.6 Å². The summed E-state index contributed by atoms with van der Waals surface area (Å²) >= 11 is 22.3. The molecule has 0 spiro atoms. The molecule has 2 aromatic carbocycles. The first-order valence-electron chi connectivity index (χ1n) is 6.64. The van der Waals surface area contributed by atoms with Crippen LogP contribution in [-0.4, -0.2) is 9.98 Å². The van der Waals surface area contributed by atoms with E-state index in [1.807, 2.05) is 48.5 Å². The highest BCUT2D eigenvalue weighted by molar-refractivity contribution is 7.81. The van der Waals surface area contributed by atoms with Crippen molar-refractivity contribution in [2.45, 2.75) is 12.8 Å². The van der Waals surface area contributed by atoms with E-state index < -0.39 is 0 Å². The van der Waals surface area contributed by atoms with E-state index in [0.29, 0.717) is 22.9 Å². The maximum atomic E-state index is 5.84. The Morgan fingerprint density at radius 1 is 0.682 bits per heavy atom. The Hall–Kier alpha value is -1.20. The molecule has 2 N–H and O–H groups in total. The maximum absolute atomic E-state index is 5.84. The zero-order valence-corrected chi connectivity index (χ0v) is 14.8. The smallest absolute Gasteiger partial charge is 0.0801 e. The van der Waals surface area contributed by atoms with E-state index >= 15 is 0 Å². The number of benzene rings is 2. The summed E-state index contributed by atoms with van der Waals surface area (Å²) in [6, 6.07) is 14.8. The first-order valence-corrected chi connectivity index (χ1v) is 8.21. The van der Waals surface area contributed by atoms with Crippen LogP contribution < -0.4 is 10.6 Å². The van der Waals surface area contributed by atoms with E-state index in [2.05, 4.69) is 10.6 Å². The first-order chi connectivity index (χ1) is 10.5. The number of anilines is 2. The molecule has 2 rings (SSSR count). The molecule has 0 amide bonds. The second kappa shape index (κ2) is 8.44. The van der Waals surface area contributed by atoms with Crippen LogP contribution in [0.3, 0.4) is 0 Å². The molecule has 0 unspecified atom stereocenters. The predicted molar refractivity (Wildman–Crippen MR) is 105 cm³/mol. The molecule has 6 heteroatoms. The van der Waals surface area contributed by atoms with E-state index in [0.717, 1.165) is 21.4 Å². The lowest BCUT2D eigenvalue weighted by atomic mass is 10.2.